The molecule has 1 aliphatic rings. The van der Waals surface area contributed by atoms with Crippen molar-refractivity contribution in [3.05, 3.63) is 76.9 Å². The molecule has 1 heterocycles. The van der Waals surface area contributed by atoms with Gasteiger partial charge in [-0.3, -0.25) is 9.69 Å². The quantitative estimate of drug-likeness (QED) is 0.825. The molecule has 0 radical (unpaired) electrons. The molecule has 1 saturated heterocycles. The molecule has 0 atom stereocenters. The zero-order valence-electron chi connectivity index (χ0n) is 15.7. The SMILES string of the molecule is Cc1ccc(/C=C/C(=O)NC2CCN(Cc3ccccc3)CC2)c(C)c1. The number of amides is 1. The molecule has 1 N–H and O–H groups in total. The molecule has 3 nitrogen and oxygen atoms in total. The summed E-state index contributed by atoms with van der Waals surface area (Å²) in [6.45, 7) is 7.21. The van der Waals surface area contributed by atoms with Gasteiger partial charge in [-0.25, -0.2) is 0 Å². The van der Waals surface area contributed by atoms with Crippen LogP contribution in [0.3, 0.4) is 0 Å². The molecule has 0 aromatic heterocycles. The molecule has 0 bridgehead atoms. The van der Waals surface area contributed by atoms with Gasteiger partial charge in [0.25, 0.3) is 0 Å². The van der Waals surface area contributed by atoms with Crippen LogP contribution in [0.15, 0.2) is 54.6 Å². The monoisotopic (exact) mass is 348 g/mol. The lowest BCUT2D eigenvalue weighted by atomic mass is 10.0. The first-order valence-corrected chi connectivity index (χ1v) is 9.42. The lowest BCUT2D eigenvalue weighted by molar-refractivity contribution is -0.117. The smallest absolute Gasteiger partial charge is 0.244 e. The summed E-state index contributed by atoms with van der Waals surface area (Å²) in [5, 5.41) is 3.15. The average Bonchev–Trinajstić information content (AvgIpc) is 2.63. The number of benzene rings is 2. The molecule has 26 heavy (non-hydrogen) atoms. The van der Waals surface area contributed by atoms with Crippen molar-refractivity contribution in [3.8, 4) is 0 Å². The molecule has 0 unspecified atom stereocenters. The van der Waals surface area contributed by atoms with Crippen molar-refractivity contribution < 1.29 is 4.79 Å². The summed E-state index contributed by atoms with van der Waals surface area (Å²) in [5.74, 6) is 0.00600. The zero-order valence-corrected chi connectivity index (χ0v) is 15.7. The van der Waals surface area contributed by atoms with Gasteiger partial charge in [-0.05, 0) is 49.5 Å². The van der Waals surface area contributed by atoms with E-state index in [0.29, 0.717) is 0 Å². The van der Waals surface area contributed by atoms with Crippen LogP contribution in [-0.4, -0.2) is 29.9 Å². The highest BCUT2D eigenvalue weighted by Crippen LogP contribution is 2.15. The van der Waals surface area contributed by atoms with E-state index in [4.69, 9.17) is 0 Å². The number of hydrogen-bond acceptors (Lipinski definition) is 2. The molecule has 2 aromatic rings. The summed E-state index contributed by atoms with van der Waals surface area (Å²) in [7, 11) is 0. The van der Waals surface area contributed by atoms with Crippen LogP contribution in [0.1, 0.15) is 35.1 Å². The molecule has 3 heteroatoms. The Kier molecular flexibility index (Phi) is 6.24. The molecule has 136 valence electrons. The summed E-state index contributed by atoms with van der Waals surface area (Å²) in [6.07, 6.45) is 5.59. The van der Waals surface area contributed by atoms with Crippen molar-refractivity contribution in [3.63, 3.8) is 0 Å². The summed E-state index contributed by atoms with van der Waals surface area (Å²) in [6, 6.07) is 17.1. The molecule has 3 rings (SSSR count). The number of rotatable bonds is 5. The first-order chi connectivity index (χ1) is 12.6. The molecule has 0 saturated carbocycles. The predicted molar refractivity (Wildman–Crippen MR) is 108 cm³/mol. The van der Waals surface area contributed by atoms with E-state index in [1.54, 1.807) is 6.08 Å². The van der Waals surface area contributed by atoms with Crippen molar-refractivity contribution in [2.24, 2.45) is 0 Å². The van der Waals surface area contributed by atoms with E-state index >= 15 is 0 Å². The molecule has 1 aliphatic heterocycles. The highest BCUT2D eigenvalue weighted by Gasteiger charge is 2.19. The molecule has 1 fully saturated rings. The number of nitrogens with one attached hydrogen (secondary N) is 1. The maximum absolute atomic E-state index is 12.2. The Morgan fingerprint density at radius 2 is 1.85 bits per heavy atom. The lowest BCUT2D eigenvalue weighted by Gasteiger charge is -2.32. The van der Waals surface area contributed by atoms with Gasteiger partial charge in [0, 0.05) is 31.8 Å². The molecule has 0 aliphatic carbocycles. The average molecular weight is 348 g/mol. The first-order valence-electron chi connectivity index (χ1n) is 9.42. The van der Waals surface area contributed by atoms with Gasteiger partial charge in [0.2, 0.25) is 5.91 Å². The third kappa shape index (κ3) is 5.30. The number of hydrogen-bond donors (Lipinski definition) is 1. The van der Waals surface area contributed by atoms with E-state index in [1.165, 1.54) is 16.7 Å². The number of aryl methyl sites for hydroxylation is 2. The minimum Gasteiger partial charge on any atom is -0.350 e. The topological polar surface area (TPSA) is 32.3 Å². The van der Waals surface area contributed by atoms with Crippen molar-refractivity contribution in [2.75, 3.05) is 13.1 Å². The fraction of sp³-hybridized carbons (Fsp3) is 0.348. The third-order valence-corrected chi connectivity index (χ3v) is 5.02. The number of piperidine rings is 1. The van der Waals surface area contributed by atoms with Crippen LogP contribution in [0.2, 0.25) is 0 Å². The van der Waals surface area contributed by atoms with Crippen molar-refractivity contribution in [1.82, 2.24) is 10.2 Å². The van der Waals surface area contributed by atoms with Gasteiger partial charge >= 0.3 is 0 Å². The zero-order chi connectivity index (χ0) is 18.4. The minimum absolute atomic E-state index is 0.00600. The Balaban J connectivity index is 1.45. The molecular formula is C23H28N2O. The van der Waals surface area contributed by atoms with E-state index in [2.05, 4.69) is 72.6 Å². The van der Waals surface area contributed by atoms with Crippen LogP contribution in [-0.2, 0) is 11.3 Å². The number of carbonyl (C=O) groups excluding carboxylic acids is 1. The van der Waals surface area contributed by atoms with Crippen LogP contribution in [0, 0.1) is 13.8 Å². The second-order valence-corrected chi connectivity index (χ2v) is 7.24. The summed E-state index contributed by atoms with van der Waals surface area (Å²) < 4.78 is 0. The van der Waals surface area contributed by atoms with Gasteiger partial charge in [0.1, 0.15) is 0 Å². The Labute approximate surface area is 156 Å². The van der Waals surface area contributed by atoms with E-state index in [1.807, 2.05) is 6.08 Å². The first kappa shape index (κ1) is 18.4. The lowest BCUT2D eigenvalue weighted by Crippen LogP contribution is -2.43. The largest absolute Gasteiger partial charge is 0.350 e. The molecule has 1 amide bonds. The van der Waals surface area contributed by atoms with Gasteiger partial charge in [0.15, 0.2) is 0 Å². The molecule has 2 aromatic carbocycles. The normalized spacial score (nSPS) is 16.1. The van der Waals surface area contributed by atoms with Gasteiger partial charge in [-0.1, -0.05) is 54.1 Å². The Bertz CT molecular complexity index is 759. The highest BCUT2D eigenvalue weighted by atomic mass is 16.1. The van der Waals surface area contributed by atoms with Crippen LogP contribution in [0.5, 0.6) is 0 Å². The van der Waals surface area contributed by atoms with Crippen molar-refractivity contribution >= 4 is 12.0 Å². The highest BCUT2D eigenvalue weighted by molar-refractivity contribution is 5.92. The number of carbonyl (C=O) groups is 1. The molecular weight excluding hydrogens is 320 g/mol. The van der Waals surface area contributed by atoms with Gasteiger partial charge < -0.3 is 5.32 Å². The van der Waals surface area contributed by atoms with Crippen LogP contribution >= 0.6 is 0 Å². The maximum atomic E-state index is 12.2. The second kappa shape index (κ2) is 8.81. The molecule has 0 spiro atoms. The fourth-order valence-electron chi connectivity index (χ4n) is 3.50. The van der Waals surface area contributed by atoms with E-state index in [9.17, 15) is 4.79 Å². The third-order valence-electron chi connectivity index (χ3n) is 5.02. The summed E-state index contributed by atoms with van der Waals surface area (Å²) >= 11 is 0. The van der Waals surface area contributed by atoms with Crippen LogP contribution in [0.25, 0.3) is 6.08 Å². The standard InChI is InChI=1S/C23H28N2O/c1-18-8-9-21(19(2)16-18)10-11-23(26)24-22-12-14-25(15-13-22)17-20-6-4-3-5-7-20/h3-11,16,22H,12-15,17H2,1-2H3,(H,24,26)/b11-10+. The van der Waals surface area contributed by atoms with Crippen molar-refractivity contribution in [2.45, 2.75) is 39.3 Å². The Morgan fingerprint density at radius 3 is 2.54 bits per heavy atom. The Morgan fingerprint density at radius 1 is 1.12 bits per heavy atom. The fourth-order valence-corrected chi connectivity index (χ4v) is 3.50. The maximum Gasteiger partial charge on any atom is 0.244 e. The van der Waals surface area contributed by atoms with Gasteiger partial charge in [-0.15, -0.1) is 0 Å². The summed E-state index contributed by atoms with van der Waals surface area (Å²) in [4.78, 5) is 14.7. The van der Waals surface area contributed by atoms with E-state index < -0.39 is 0 Å². The Hall–Kier alpha value is -2.39. The van der Waals surface area contributed by atoms with Crippen LogP contribution in [0.4, 0.5) is 0 Å². The minimum atomic E-state index is 0.00600. The second-order valence-electron chi connectivity index (χ2n) is 7.24. The number of likely N-dealkylation sites (tertiary alicyclic amines) is 1. The predicted octanol–water partition coefficient (Wildman–Crippen LogP) is 4.10. The van der Waals surface area contributed by atoms with Gasteiger partial charge in [-0.2, -0.15) is 0 Å². The van der Waals surface area contributed by atoms with Crippen molar-refractivity contribution in [1.29, 1.82) is 0 Å². The number of nitrogens with zero attached hydrogens (tertiary/aromatic N) is 1. The van der Waals surface area contributed by atoms with E-state index in [0.717, 1.165) is 38.0 Å². The van der Waals surface area contributed by atoms with E-state index in [-0.39, 0.29) is 11.9 Å². The van der Waals surface area contributed by atoms with Gasteiger partial charge in [0.05, 0.1) is 0 Å². The van der Waals surface area contributed by atoms with Crippen LogP contribution < -0.4 is 5.32 Å². The summed E-state index contributed by atoms with van der Waals surface area (Å²) in [5.41, 5.74) is 4.89.